The van der Waals surface area contributed by atoms with E-state index in [9.17, 15) is 0 Å². The zero-order valence-corrected chi connectivity index (χ0v) is 9.45. The largest absolute Gasteiger partial charge is 0.317 e. The smallest absolute Gasteiger partial charge is 0.0521 e. The first-order chi connectivity index (χ1) is 6.72. The second-order valence-corrected chi connectivity index (χ2v) is 3.97. The molecule has 0 aliphatic carbocycles. The molecule has 1 rings (SSSR count). The Labute approximate surface area is 86.5 Å². The number of aromatic nitrogens is 2. The highest BCUT2D eigenvalue weighted by atomic mass is 15.2. The van der Waals surface area contributed by atoms with E-state index in [4.69, 9.17) is 0 Å². The summed E-state index contributed by atoms with van der Waals surface area (Å²) in [5, 5.41) is 7.53. The number of hydrogen-bond donors (Lipinski definition) is 1. The molecule has 1 aromatic heterocycles. The van der Waals surface area contributed by atoms with Crippen LogP contribution in [0.25, 0.3) is 0 Å². The Morgan fingerprint density at radius 2 is 2.36 bits per heavy atom. The molecule has 0 radical (unpaired) electrons. The molecule has 0 amide bonds. The van der Waals surface area contributed by atoms with Crippen LogP contribution in [-0.4, -0.2) is 22.9 Å². The van der Waals surface area contributed by atoms with Crippen LogP contribution in [0.4, 0.5) is 0 Å². The molecule has 0 bridgehead atoms. The van der Waals surface area contributed by atoms with Crippen molar-refractivity contribution in [3.8, 4) is 0 Å². The highest BCUT2D eigenvalue weighted by molar-refractivity contribution is 5.03. The van der Waals surface area contributed by atoms with Crippen molar-refractivity contribution >= 4 is 0 Å². The van der Waals surface area contributed by atoms with Crippen LogP contribution >= 0.6 is 0 Å². The maximum Gasteiger partial charge on any atom is 0.0521 e. The first kappa shape index (κ1) is 11.2. The topological polar surface area (TPSA) is 29.9 Å². The van der Waals surface area contributed by atoms with Gasteiger partial charge in [0, 0.05) is 13.2 Å². The summed E-state index contributed by atoms with van der Waals surface area (Å²) in [6.45, 7) is 6.63. The van der Waals surface area contributed by atoms with Crippen molar-refractivity contribution in [3.63, 3.8) is 0 Å². The van der Waals surface area contributed by atoms with Gasteiger partial charge in [0.2, 0.25) is 0 Å². The first-order valence-electron chi connectivity index (χ1n) is 5.40. The molecule has 1 aromatic rings. The third-order valence-corrected chi connectivity index (χ3v) is 2.43. The number of hydrogen-bond acceptors (Lipinski definition) is 2. The number of aryl methyl sites for hydroxylation is 2. The molecule has 14 heavy (non-hydrogen) atoms. The van der Waals surface area contributed by atoms with Crippen molar-refractivity contribution in [3.05, 3.63) is 18.0 Å². The molecule has 1 N–H and O–H groups in total. The summed E-state index contributed by atoms with van der Waals surface area (Å²) >= 11 is 0. The molecule has 0 spiro atoms. The lowest BCUT2D eigenvalue weighted by Crippen LogP contribution is -2.20. The third-order valence-electron chi connectivity index (χ3n) is 2.43. The maximum atomic E-state index is 4.16. The molecular weight excluding hydrogens is 174 g/mol. The Morgan fingerprint density at radius 1 is 1.57 bits per heavy atom. The summed E-state index contributed by atoms with van der Waals surface area (Å²) in [5.74, 6) is 0.746. The molecule has 1 atom stereocenters. The summed E-state index contributed by atoms with van der Waals surface area (Å²) in [5.41, 5.74) is 1.34. The molecule has 1 unspecified atom stereocenters. The Hall–Kier alpha value is -0.830. The molecule has 3 nitrogen and oxygen atoms in total. The maximum absolute atomic E-state index is 4.16. The quantitative estimate of drug-likeness (QED) is 0.747. The Kier molecular flexibility index (Phi) is 4.66. The van der Waals surface area contributed by atoms with E-state index < -0.39 is 0 Å². The van der Waals surface area contributed by atoms with E-state index in [1.807, 2.05) is 17.9 Å². The van der Waals surface area contributed by atoms with Gasteiger partial charge in [0.25, 0.3) is 0 Å². The zero-order chi connectivity index (χ0) is 10.4. The Morgan fingerprint density at radius 3 is 2.93 bits per heavy atom. The van der Waals surface area contributed by atoms with Crippen LogP contribution in [-0.2, 0) is 13.5 Å². The van der Waals surface area contributed by atoms with Gasteiger partial charge in [-0.05, 0) is 37.4 Å². The van der Waals surface area contributed by atoms with Gasteiger partial charge in [0.05, 0.1) is 6.20 Å². The summed E-state index contributed by atoms with van der Waals surface area (Å²) in [6, 6.07) is 0. The van der Waals surface area contributed by atoms with Gasteiger partial charge in [-0.2, -0.15) is 5.10 Å². The van der Waals surface area contributed by atoms with Gasteiger partial charge in [-0.25, -0.2) is 0 Å². The summed E-state index contributed by atoms with van der Waals surface area (Å²) in [7, 11) is 1.96. The summed E-state index contributed by atoms with van der Waals surface area (Å²) < 4.78 is 1.87. The number of nitrogens with one attached hydrogen (secondary N) is 1. The number of rotatable bonds is 6. The molecule has 0 fully saturated rings. The van der Waals surface area contributed by atoms with Gasteiger partial charge in [-0.3, -0.25) is 4.68 Å². The lowest BCUT2D eigenvalue weighted by molar-refractivity contribution is 0.489. The third kappa shape index (κ3) is 3.92. The highest BCUT2D eigenvalue weighted by Gasteiger charge is 2.02. The van der Waals surface area contributed by atoms with Gasteiger partial charge >= 0.3 is 0 Å². The lowest BCUT2D eigenvalue weighted by atomic mass is 10.0. The summed E-state index contributed by atoms with van der Waals surface area (Å²) in [4.78, 5) is 0. The highest BCUT2D eigenvalue weighted by Crippen LogP contribution is 2.07. The van der Waals surface area contributed by atoms with Gasteiger partial charge in [-0.1, -0.05) is 13.8 Å². The second kappa shape index (κ2) is 5.81. The van der Waals surface area contributed by atoms with Crippen LogP contribution < -0.4 is 5.32 Å². The normalized spacial score (nSPS) is 13.1. The predicted octanol–water partition coefficient (Wildman–Crippen LogP) is 1.60. The van der Waals surface area contributed by atoms with Crippen LogP contribution in [0.5, 0.6) is 0 Å². The van der Waals surface area contributed by atoms with Crippen molar-refractivity contribution in [1.82, 2.24) is 15.1 Å². The van der Waals surface area contributed by atoms with Crippen LogP contribution in [0.2, 0.25) is 0 Å². The Bertz CT molecular complexity index is 255. The molecule has 0 aromatic carbocycles. The molecule has 3 heteroatoms. The minimum Gasteiger partial charge on any atom is -0.317 e. The summed E-state index contributed by atoms with van der Waals surface area (Å²) in [6.07, 6.45) is 6.43. The van der Waals surface area contributed by atoms with Gasteiger partial charge in [-0.15, -0.1) is 0 Å². The fourth-order valence-electron chi connectivity index (χ4n) is 1.51. The van der Waals surface area contributed by atoms with E-state index in [-0.39, 0.29) is 0 Å². The molecular formula is C11H21N3. The molecule has 1 heterocycles. The van der Waals surface area contributed by atoms with E-state index >= 15 is 0 Å². The van der Waals surface area contributed by atoms with Crippen LogP contribution in [0.15, 0.2) is 12.4 Å². The van der Waals surface area contributed by atoms with E-state index in [2.05, 4.69) is 30.5 Å². The average molecular weight is 195 g/mol. The van der Waals surface area contributed by atoms with E-state index in [0.717, 1.165) is 25.4 Å². The monoisotopic (exact) mass is 195 g/mol. The van der Waals surface area contributed by atoms with Gasteiger partial charge < -0.3 is 5.32 Å². The fourth-order valence-corrected chi connectivity index (χ4v) is 1.51. The van der Waals surface area contributed by atoms with Crippen molar-refractivity contribution in [2.45, 2.75) is 26.7 Å². The van der Waals surface area contributed by atoms with Crippen molar-refractivity contribution < 1.29 is 0 Å². The lowest BCUT2D eigenvalue weighted by Gasteiger charge is -2.10. The van der Waals surface area contributed by atoms with Gasteiger partial charge in [0.1, 0.15) is 0 Å². The average Bonchev–Trinajstić information content (AvgIpc) is 2.58. The number of nitrogens with zero attached hydrogens (tertiary/aromatic N) is 2. The SMILES string of the molecule is CCNCC(C)CCc1cnn(C)c1. The predicted molar refractivity (Wildman–Crippen MR) is 59.2 cm³/mol. The van der Waals surface area contributed by atoms with E-state index in [1.165, 1.54) is 12.0 Å². The standard InChI is InChI=1S/C11H21N3/c1-4-12-7-10(2)5-6-11-8-13-14(3)9-11/h8-10,12H,4-7H2,1-3H3. The van der Waals surface area contributed by atoms with Gasteiger partial charge in [0.15, 0.2) is 0 Å². The minimum absolute atomic E-state index is 0.746. The van der Waals surface area contributed by atoms with Crippen molar-refractivity contribution in [2.24, 2.45) is 13.0 Å². The molecule has 0 saturated heterocycles. The minimum atomic E-state index is 0.746. The van der Waals surface area contributed by atoms with Crippen LogP contribution in [0.3, 0.4) is 0 Å². The fraction of sp³-hybridized carbons (Fsp3) is 0.727. The Balaban J connectivity index is 2.20. The van der Waals surface area contributed by atoms with E-state index in [1.54, 1.807) is 0 Å². The van der Waals surface area contributed by atoms with Crippen molar-refractivity contribution in [1.29, 1.82) is 0 Å². The molecule has 0 saturated carbocycles. The van der Waals surface area contributed by atoms with Crippen molar-refractivity contribution in [2.75, 3.05) is 13.1 Å². The van der Waals surface area contributed by atoms with Crippen LogP contribution in [0, 0.1) is 5.92 Å². The zero-order valence-electron chi connectivity index (χ0n) is 9.45. The second-order valence-electron chi connectivity index (χ2n) is 3.97. The molecule has 0 aliphatic heterocycles. The van der Waals surface area contributed by atoms with E-state index in [0.29, 0.717) is 0 Å². The molecule has 80 valence electrons. The van der Waals surface area contributed by atoms with Crippen LogP contribution in [0.1, 0.15) is 25.8 Å². The molecule has 0 aliphatic rings. The first-order valence-corrected chi connectivity index (χ1v) is 5.40.